The van der Waals surface area contributed by atoms with E-state index in [-0.39, 0.29) is 36.3 Å². The van der Waals surface area contributed by atoms with E-state index in [1.807, 2.05) is 0 Å². The van der Waals surface area contributed by atoms with E-state index in [1.165, 1.54) is 6.07 Å². The molecular formula is C31H32FN3O6. The van der Waals surface area contributed by atoms with Gasteiger partial charge in [0.2, 0.25) is 0 Å². The minimum absolute atomic E-state index is 0.0587. The third kappa shape index (κ3) is 4.32. The van der Waals surface area contributed by atoms with Crippen LogP contribution in [0, 0.1) is 5.82 Å². The number of nitrogens with zero attached hydrogens (tertiary/aromatic N) is 2. The van der Waals surface area contributed by atoms with Gasteiger partial charge in [-0.05, 0) is 63.6 Å². The topological polar surface area (TPSA) is 120 Å². The van der Waals surface area contributed by atoms with Crippen molar-refractivity contribution in [2.24, 2.45) is 0 Å². The van der Waals surface area contributed by atoms with Crippen LogP contribution in [0.3, 0.4) is 0 Å². The molecule has 10 heteroatoms. The molecule has 0 radical (unpaired) electrons. The van der Waals surface area contributed by atoms with Crippen molar-refractivity contribution >= 4 is 29.0 Å². The highest BCUT2D eigenvalue weighted by Gasteiger charge is 2.45. The predicted octanol–water partition coefficient (Wildman–Crippen LogP) is 4.25. The molecule has 0 saturated carbocycles. The molecule has 1 aromatic carbocycles. The van der Waals surface area contributed by atoms with Gasteiger partial charge in [0, 0.05) is 34.7 Å². The quantitative estimate of drug-likeness (QED) is 0.358. The number of carbonyl (C=O) groups excluding carboxylic acids is 2. The minimum atomic E-state index is -1.91. The van der Waals surface area contributed by atoms with Crippen LogP contribution >= 0.6 is 0 Å². The molecule has 0 spiro atoms. The highest BCUT2D eigenvalue weighted by Crippen LogP contribution is 2.43. The first-order chi connectivity index (χ1) is 19.4. The first kappa shape index (κ1) is 27.1. The molecule has 1 unspecified atom stereocenters. The maximum absolute atomic E-state index is 15.5. The smallest absolute Gasteiger partial charge is 0.407 e. The van der Waals surface area contributed by atoms with Crippen molar-refractivity contribution in [1.82, 2.24) is 14.9 Å². The molecule has 2 N–H and O–H groups in total. The standard InChI is InChI=1S/C31H32FN3O6/c1-5-31(39)21-12-24-26-19(14-35(24)27(36)20(21)15-40-28(31)37)18-9-6-8-17-16(22(32)13-23(34-26)25(17)18)10-7-11-33-29(38)41-30(2,3)4/h7,10,12-13,39H,5-6,8-9,11,14-15H2,1-4H3,(H,33,38). The van der Waals surface area contributed by atoms with E-state index >= 15 is 4.39 Å². The molecule has 1 amide bonds. The maximum Gasteiger partial charge on any atom is 0.407 e. The van der Waals surface area contributed by atoms with Crippen LogP contribution in [0.25, 0.3) is 28.4 Å². The number of aliphatic hydroxyl groups is 1. The summed E-state index contributed by atoms with van der Waals surface area (Å²) in [5, 5.41) is 14.7. The SMILES string of the molecule is CCC1(O)C(=O)OCc2c1cc1n(c2=O)Cc2c-1nc1cc(F)c(C=CCNC(=O)OC(C)(C)C)c3c1c2CCC3. The number of rotatable bonds is 4. The Morgan fingerprint density at radius 2 is 1.98 bits per heavy atom. The minimum Gasteiger partial charge on any atom is -0.458 e. The van der Waals surface area contributed by atoms with Gasteiger partial charge in [-0.25, -0.2) is 19.0 Å². The van der Waals surface area contributed by atoms with Crippen LogP contribution in [0.4, 0.5) is 9.18 Å². The Morgan fingerprint density at radius 3 is 2.71 bits per heavy atom. The Balaban J connectivity index is 1.42. The summed E-state index contributed by atoms with van der Waals surface area (Å²) in [6, 6.07) is 3.08. The fraction of sp³-hybridized carbons (Fsp3) is 0.419. The average molecular weight is 562 g/mol. The van der Waals surface area contributed by atoms with E-state index in [9.17, 15) is 19.5 Å². The third-order valence-electron chi connectivity index (χ3n) is 8.09. The van der Waals surface area contributed by atoms with E-state index in [4.69, 9.17) is 14.5 Å². The monoisotopic (exact) mass is 561 g/mol. The molecule has 2 aliphatic heterocycles. The number of carbonyl (C=O) groups is 2. The van der Waals surface area contributed by atoms with Gasteiger partial charge in [-0.1, -0.05) is 19.1 Å². The summed E-state index contributed by atoms with van der Waals surface area (Å²) in [6.07, 6.45) is 5.12. The van der Waals surface area contributed by atoms with Gasteiger partial charge in [0.25, 0.3) is 5.56 Å². The summed E-state index contributed by atoms with van der Waals surface area (Å²) in [7, 11) is 0. The van der Waals surface area contributed by atoms with Crippen LogP contribution in [0.5, 0.6) is 0 Å². The zero-order valence-corrected chi connectivity index (χ0v) is 23.5. The number of halogens is 1. The molecule has 9 nitrogen and oxygen atoms in total. The molecule has 0 saturated heterocycles. The van der Waals surface area contributed by atoms with Gasteiger partial charge in [-0.3, -0.25) is 4.79 Å². The molecule has 1 atom stereocenters. The number of nitrogens with one attached hydrogen (secondary N) is 1. The summed E-state index contributed by atoms with van der Waals surface area (Å²) in [5.41, 5.74) is 2.50. The van der Waals surface area contributed by atoms with Gasteiger partial charge in [0.15, 0.2) is 5.60 Å². The van der Waals surface area contributed by atoms with Crippen molar-refractivity contribution in [2.75, 3.05) is 6.54 Å². The highest BCUT2D eigenvalue weighted by atomic mass is 19.1. The Morgan fingerprint density at radius 1 is 1.22 bits per heavy atom. The first-order valence-electron chi connectivity index (χ1n) is 13.9. The Kier molecular flexibility index (Phi) is 6.29. The second-order valence-electron chi connectivity index (χ2n) is 11.8. The van der Waals surface area contributed by atoms with E-state index < -0.39 is 29.1 Å². The van der Waals surface area contributed by atoms with Crippen LogP contribution in [-0.2, 0) is 45.9 Å². The van der Waals surface area contributed by atoms with Crippen molar-refractivity contribution in [3.63, 3.8) is 0 Å². The van der Waals surface area contributed by atoms with Gasteiger partial charge in [0.05, 0.1) is 29.0 Å². The summed E-state index contributed by atoms with van der Waals surface area (Å²) < 4.78 is 27.5. The van der Waals surface area contributed by atoms with Crippen molar-refractivity contribution in [3.05, 3.63) is 67.8 Å². The van der Waals surface area contributed by atoms with Crippen molar-refractivity contribution in [3.8, 4) is 11.4 Å². The molecule has 41 heavy (non-hydrogen) atoms. The largest absolute Gasteiger partial charge is 0.458 e. The van der Waals surface area contributed by atoms with Crippen LogP contribution in [-0.4, -0.2) is 38.9 Å². The van der Waals surface area contributed by atoms with Crippen LogP contribution < -0.4 is 10.9 Å². The lowest BCUT2D eigenvalue weighted by Gasteiger charge is -2.31. The fourth-order valence-corrected chi connectivity index (χ4v) is 6.19. The number of esters is 1. The Bertz CT molecular complexity index is 1740. The third-order valence-corrected chi connectivity index (χ3v) is 8.09. The highest BCUT2D eigenvalue weighted by molar-refractivity contribution is 5.94. The molecule has 4 heterocycles. The van der Waals surface area contributed by atoms with Gasteiger partial charge in [-0.2, -0.15) is 0 Å². The summed E-state index contributed by atoms with van der Waals surface area (Å²) >= 11 is 0. The number of aromatic nitrogens is 2. The first-order valence-corrected chi connectivity index (χ1v) is 13.9. The van der Waals surface area contributed by atoms with Gasteiger partial charge < -0.3 is 24.5 Å². The molecule has 0 fully saturated rings. The molecule has 3 aliphatic rings. The zero-order chi connectivity index (χ0) is 29.3. The number of alkyl carbamates (subject to hydrolysis) is 1. The van der Waals surface area contributed by atoms with E-state index in [2.05, 4.69) is 5.32 Å². The normalized spacial score (nSPS) is 19.1. The number of ether oxygens (including phenoxy) is 2. The van der Waals surface area contributed by atoms with E-state index in [1.54, 1.807) is 50.5 Å². The van der Waals surface area contributed by atoms with Crippen LogP contribution in [0.15, 0.2) is 23.0 Å². The number of fused-ring (bicyclic) bond motifs is 5. The maximum atomic E-state index is 15.5. The second-order valence-corrected chi connectivity index (χ2v) is 11.8. The van der Waals surface area contributed by atoms with E-state index in [0.29, 0.717) is 35.4 Å². The summed E-state index contributed by atoms with van der Waals surface area (Å²) in [6.45, 7) is 7.29. The number of benzene rings is 1. The lowest BCUT2D eigenvalue weighted by molar-refractivity contribution is -0.172. The molecule has 2 aromatic heterocycles. The lowest BCUT2D eigenvalue weighted by atomic mass is 9.84. The summed E-state index contributed by atoms with van der Waals surface area (Å²) in [4.78, 5) is 42.8. The number of cyclic esters (lactones) is 1. The number of hydrogen-bond acceptors (Lipinski definition) is 7. The molecule has 0 bridgehead atoms. The van der Waals surface area contributed by atoms with Crippen molar-refractivity contribution in [1.29, 1.82) is 0 Å². The van der Waals surface area contributed by atoms with Gasteiger partial charge >= 0.3 is 12.1 Å². The van der Waals surface area contributed by atoms with Crippen molar-refractivity contribution in [2.45, 2.75) is 77.7 Å². The lowest BCUT2D eigenvalue weighted by Crippen LogP contribution is -2.44. The van der Waals surface area contributed by atoms with Crippen molar-refractivity contribution < 1.29 is 28.6 Å². The number of hydrogen-bond donors (Lipinski definition) is 2. The average Bonchev–Trinajstić information content (AvgIpc) is 3.28. The summed E-state index contributed by atoms with van der Waals surface area (Å²) in [5.74, 6) is -1.20. The molecular weight excluding hydrogens is 529 g/mol. The molecule has 214 valence electrons. The Labute approximate surface area is 236 Å². The number of aryl methyl sites for hydroxylation is 2. The second kappa shape index (κ2) is 9.51. The zero-order valence-electron chi connectivity index (χ0n) is 23.5. The van der Waals surface area contributed by atoms with Gasteiger partial charge in [-0.15, -0.1) is 0 Å². The van der Waals surface area contributed by atoms with Gasteiger partial charge in [0.1, 0.15) is 18.0 Å². The predicted molar refractivity (Wildman–Crippen MR) is 150 cm³/mol. The number of pyridine rings is 2. The Hall–Kier alpha value is -4.05. The molecule has 6 rings (SSSR count). The molecule has 3 aromatic rings. The molecule has 1 aliphatic carbocycles. The number of amides is 1. The fourth-order valence-electron chi connectivity index (χ4n) is 6.19. The van der Waals surface area contributed by atoms with Crippen LogP contribution in [0.1, 0.15) is 73.9 Å². The van der Waals surface area contributed by atoms with E-state index in [0.717, 1.165) is 34.9 Å². The van der Waals surface area contributed by atoms with Crippen LogP contribution in [0.2, 0.25) is 0 Å².